The van der Waals surface area contributed by atoms with E-state index in [4.69, 9.17) is 5.73 Å². The van der Waals surface area contributed by atoms with E-state index in [0.717, 1.165) is 42.6 Å². The third-order valence-corrected chi connectivity index (χ3v) is 5.02. The van der Waals surface area contributed by atoms with Crippen molar-refractivity contribution in [3.05, 3.63) is 20.8 Å². The maximum atomic E-state index is 12.0. The monoisotopic (exact) mass is 366 g/mol. The van der Waals surface area contributed by atoms with Crippen molar-refractivity contribution in [2.45, 2.75) is 38.1 Å². The van der Waals surface area contributed by atoms with E-state index in [-0.39, 0.29) is 24.4 Å². The van der Waals surface area contributed by atoms with E-state index in [2.05, 4.69) is 28.1 Å². The zero-order chi connectivity index (χ0) is 13.0. The van der Waals surface area contributed by atoms with E-state index in [1.807, 2.05) is 4.90 Å². The number of thiophene rings is 1. The van der Waals surface area contributed by atoms with Crippen molar-refractivity contribution in [1.29, 1.82) is 0 Å². The molecule has 0 aromatic carbocycles. The van der Waals surface area contributed by atoms with Gasteiger partial charge in [-0.25, -0.2) is 0 Å². The summed E-state index contributed by atoms with van der Waals surface area (Å²) >= 11 is 5.20. The summed E-state index contributed by atoms with van der Waals surface area (Å²) < 4.78 is 1.16. The van der Waals surface area contributed by atoms with Gasteiger partial charge in [0.05, 0.1) is 3.79 Å². The van der Waals surface area contributed by atoms with Crippen LogP contribution in [0.5, 0.6) is 0 Å². The van der Waals surface area contributed by atoms with E-state index in [1.165, 1.54) is 4.88 Å². The molecule has 2 N–H and O–H groups in total. The highest BCUT2D eigenvalue weighted by Crippen LogP contribution is 2.23. The lowest BCUT2D eigenvalue weighted by Crippen LogP contribution is -2.42. The van der Waals surface area contributed by atoms with Crippen molar-refractivity contribution in [3.63, 3.8) is 0 Å². The quantitative estimate of drug-likeness (QED) is 0.888. The molecule has 0 radical (unpaired) electrons. The van der Waals surface area contributed by atoms with Gasteiger partial charge in [-0.3, -0.25) is 4.79 Å². The lowest BCUT2D eigenvalue weighted by molar-refractivity contribution is -0.132. The molecule has 1 amide bonds. The Morgan fingerprint density at radius 1 is 1.42 bits per heavy atom. The van der Waals surface area contributed by atoms with Crippen LogP contribution in [0.25, 0.3) is 0 Å². The number of halogens is 2. The first-order valence-electron chi connectivity index (χ1n) is 6.43. The summed E-state index contributed by atoms with van der Waals surface area (Å²) in [5.74, 6) is 0.289. The van der Waals surface area contributed by atoms with E-state index < -0.39 is 0 Å². The predicted molar refractivity (Wildman–Crippen MR) is 86.0 cm³/mol. The van der Waals surface area contributed by atoms with Crippen molar-refractivity contribution in [3.8, 4) is 0 Å². The minimum atomic E-state index is 0. The van der Waals surface area contributed by atoms with Crippen LogP contribution >= 0.6 is 39.7 Å². The smallest absolute Gasteiger partial charge is 0.222 e. The van der Waals surface area contributed by atoms with Crippen LogP contribution in [0, 0.1) is 0 Å². The average Bonchev–Trinajstić information content (AvgIpc) is 2.76. The van der Waals surface area contributed by atoms with Crippen LogP contribution in [-0.2, 0) is 11.2 Å². The lowest BCUT2D eigenvalue weighted by Gasteiger charge is -2.30. The van der Waals surface area contributed by atoms with E-state index in [0.29, 0.717) is 6.42 Å². The van der Waals surface area contributed by atoms with Crippen LogP contribution in [0.4, 0.5) is 0 Å². The normalized spacial score (nSPS) is 16.2. The predicted octanol–water partition coefficient (Wildman–Crippen LogP) is 3.20. The molecule has 1 aliphatic heterocycles. The fourth-order valence-corrected chi connectivity index (χ4v) is 3.73. The molecular formula is C13H20BrClN2OS. The number of rotatable bonds is 4. The van der Waals surface area contributed by atoms with Gasteiger partial charge in [0, 0.05) is 30.4 Å². The molecule has 0 spiro atoms. The number of hydrogen-bond donors (Lipinski definition) is 1. The fourth-order valence-electron chi connectivity index (χ4n) is 2.21. The fraction of sp³-hybridized carbons (Fsp3) is 0.615. The van der Waals surface area contributed by atoms with E-state index >= 15 is 0 Å². The summed E-state index contributed by atoms with van der Waals surface area (Å²) in [6, 6.07) is 4.48. The topological polar surface area (TPSA) is 46.3 Å². The first kappa shape index (κ1) is 17.0. The molecule has 1 fully saturated rings. The Labute approximate surface area is 133 Å². The zero-order valence-electron chi connectivity index (χ0n) is 10.8. The van der Waals surface area contributed by atoms with Crippen molar-refractivity contribution < 1.29 is 4.79 Å². The van der Waals surface area contributed by atoms with E-state index in [9.17, 15) is 4.79 Å². The highest BCUT2D eigenvalue weighted by Gasteiger charge is 2.19. The molecule has 2 heterocycles. The molecule has 6 heteroatoms. The van der Waals surface area contributed by atoms with Crippen molar-refractivity contribution in [2.24, 2.45) is 5.73 Å². The van der Waals surface area contributed by atoms with Gasteiger partial charge in [-0.2, -0.15) is 0 Å². The number of aryl methyl sites for hydroxylation is 1. The average molecular weight is 368 g/mol. The third-order valence-electron chi connectivity index (χ3n) is 3.33. The van der Waals surface area contributed by atoms with Crippen LogP contribution in [0.3, 0.4) is 0 Å². The van der Waals surface area contributed by atoms with Gasteiger partial charge in [0.2, 0.25) is 5.91 Å². The molecule has 1 aromatic heterocycles. The largest absolute Gasteiger partial charge is 0.343 e. The highest BCUT2D eigenvalue weighted by molar-refractivity contribution is 9.11. The molecular weight excluding hydrogens is 348 g/mol. The Kier molecular flexibility index (Phi) is 7.36. The van der Waals surface area contributed by atoms with Crippen molar-refractivity contribution in [1.82, 2.24) is 4.90 Å². The van der Waals surface area contributed by atoms with Crippen LogP contribution in [0.1, 0.15) is 30.6 Å². The third kappa shape index (κ3) is 5.42. The molecule has 0 unspecified atom stereocenters. The molecule has 108 valence electrons. The first-order chi connectivity index (χ1) is 8.65. The molecule has 1 saturated heterocycles. The molecule has 0 aliphatic carbocycles. The molecule has 0 atom stereocenters. The summed E-state index contributed by atoms with van der Waals surface area (Å²) in [5.41, 5.74) is 5.83. The summed E-state index contributed by atoms with van der Waals surface area (Å²) in [7, 11) is 0. The van der Waals surface area contributed by atoms with Crippen LogP contribution in [0.2, 0.25) is 0 Å². The number of likely N-dealkylation sites (tertiary alicyclic amines) is 1. The van der Waals surface area contributed by atoms with Crippen LogP contribution in [-0.4, -0.2) is 29.9 Å². The maximum Gasteiger partial charge on any atom is 0.222 e. The van der Waals surface area contributed by atoms with Gasteiger partial charge in [-0.05, 0) is 53.7 Å². The Hall–Kier alpha value is -0.100. The number of piperidine rings is 1. The Morgan fingerprint density at radius 2 is 2.11 bits per heavy atom. The zero-order valence-corrected chi connectivity index (χ0v) is 14.0. The summed E-state index contributed by atoms with van der Waals surface area (Å²) in [6.45, 7) is 1.68. The maximum absolute atomic E-state index is 12.0. The molecule has 0 saturated carbocycles. The number of carbonyl (C=O) groups excluding carboxylic acids is 1. The number of carbonyl (C=O) groups is 1. The standard InChI is InChI=1S/C13H19BrN2OS.ClH/c14-12-5-4-11(18-12)2-1-3-13(17)16-8-6-10(15)7-9-16;/h4-5,10H,1-3,6-9,15H2;1H. The minimum Gasteiger partial charge on any atom is -0.343 e. The van der Waals surface area contributed by atoms with Gasteiger partial charge in [0.1, 0.15) is 0 Å². The lowest BCUT2D eigenvalue weighted by atomic mass is 10.1. The van der Waals surface area contributed by atoms with Gasteiger partial charge >= 0.3 is 0 Å². The summed E-state index contributed by atoms with van der Waals surface area (Å²) in [6.07, 6.45) is 4.49. The Bertz CT molecular complexity index is 405. The second-order valence-corrected chi connectivity index (χ2v) is 7.33. The number of nitrogens with two attached hydrogens (primary N) is 1. The Balaban J connectivity index is 0.00000180. The Morgan fingerprint density at radius 3 is 2.68 bits per heavy atom. The van der Waals surface area contributed by atoms with E-state index in [1.54, 1.807) is 11.3 Å². The molecule has 1 aliphatic rings. The first-order valence-corrected chi connectivity index (χ1v) is 8.03. The molecule has 3 nitrogen and oxygen atoms in total. The number of hydrogen-bond acceptors (Lipinski definition) is 3. The molecule has 19 heavy (non-hydrogen) atoms. The SMILES string of the molecule is Cl.NC1CCN(C(=O)CCCc2ccc(Br)s2)CC1. The van der Waals surface area contributed by atoms with Crippen LogP contribution < -0.4 is 5.73 Å². The second kappa shape index (κ2) is 8.25. The van der Waals surface area contributed by atoms with Gasteiger partial charge < -0.3 is 10.6 Å². The minimum absolute atomic E-state index is 0. The van der Waals surface area contributed by atoms with Crippen molar-refractivity contribution >= 4 is 45.6 Å². The number of nitrogens with zero attached hydrogens (tertiary/aromatic N) is 1. The summed E-state index contributed by atoms with van der Waals surface area (Å²) in [5, 5.41) is 0. The molecule has 1 aromatic rings. The van der Waals surface area contributed by atoms with Gasteiger partial charge in [-0.15, -0.1) is 23.7 Å². The summed E-state index contributed by atoms with van der Waals surface area (Å²) in [4.78, 5) is 15.3. The number of amides is 1. The van der Waals surface area contributed by atoms with Crippen LogP contribution in [0.15, 0.2) is 15.9 Å². The molecule has 2 rings (SSSR count). The molecule has 0 bridgehead atoms. The highest BCUT2D eigenvalue weighted by atomic mass is 79.9. The van der Waals surface area contributed by atoms with Gasteiger partial charge in [0.15, 0.2) is 0 Å². The van der Waals surface area contributed by atoms with Gasteiger partial charge in [0.25, 0.3) is 0 Å². The second-order valence-electron chi connectivity index (χ2n) is 4.78. The van der Waals surface area contributed by atoms with Gasteiger partial charge in [-0.1, -0.05) is 0 Å². The van der Waals surface area contributed by atoms with Crippen molar-refractivity contribution in [2.75, 3.05) is 13.1 Å².